The molecule has 0 saturated carbocycles. The maximum absolute atomic E-state index is 12.6. The predicted molar refractivity (Wildman–Crippen MR) is 76.8 cm³/mol. The van der Waals surface area contributed by atoms with Gasteiger partial charge in [-0.15, -0.1) is 0 Å². The van der Waals surface area contributed by atoms with Gasteiger partial charge in [0.05, 0.1) is 4.92 Å². The van der Waals surface area contributed by atoms with E-state index in [0.29, 0.717) is 6.42 Å². The number of benzene rings is 1. The lowest BCUT2D eigenvalue weighted by Crippen LogP contribution is -2.44. The van der Waals surface area contributed by atoms with Crippen LogP contribution >= 0.6 is 0 Å². The summed E-state index contributed by atoms with van der Waals surface area (Å²) < 4.78 is 26.3. The number of anilines is 1. The van der Waals surface area contributed by atoms with Crippen LogP contribution in [0.4, 0.5) is 11.4 Å². The van der Waals surface area contributed by atoms with E-state index >= 15 is 0 Å². The molecule has 1 rings (SSSR count). The number of nitro groups is 1. The van der Waals surface area contributed by atoms with Crippen molar-refractivity contribution in [2.45, 2.75) is 37.6 Å². The van der Waals surface area contributed by atoms with Crippen LogP contribution in [0.3, 0.4) is 0 Å². The van der Waals surface area contributed by atoms with Gasteiger partial charge in [0.15, 0.2) is 4.90 Å². The van der Waals surface area contributed by atoms with Gasteiger partial charge in [-0.3, -0.25) is 10.1 Å². The minimum Gasteiger partial charge on any atom is -0.399 e. The van der Waals surface area contributed by atoms with Crippen molar-refractivity contribution in [1.82, 2.24) is 4.31 Å². The highest BCUT2D eigenvalue weighted by molar-refractivity contribution is 7.89. The zero-order chi connectivity index (χ0) is 15.7. The Morgan fingerprint density at radius 1 is 1.40 bits per heavy atom. The summed E-state index contributed by atoms with van der Waals surface area (Å²) in [7, 11) is -2.59. The van der Waals surface area contributed by atoms with Crippen LogP contribution in [0, 0.1) is 10.1 Å². The molecule has 0 unspecified atom stereocenters. The van der Waals surface area contributed by atoms with Gasteiger partial charge in [0.1, 0.15) is 0 Å². The Kier molecular flexibility index (Phi) is 4.40. The smallest absolute Gasteiger partial charge is 0.289 e. The largest absolute Gasteiger partial charge is 0.399 e. The molecule has 0 amide bonds. The van der Waals surface area contributed by atoms with E-state index in [0.717, 1.165) is 16.4 Å². The number of hydrogen-bond acceptors (Lipinski definition) is 5. The molecule has 0 spiro atoms. The normalized spacial score (nSPS) is 12.7. The third kappa shape index (κ3) is 2.91. The molecule has 0 atom stereocenters. The maximum Gasteiger partial charge on any atom is 0.289 e. The minimum absolute atomic E-state index is 0.164. The molecule has 112 valence electrons. The van der Waals surface area contributed by atoms with Crippen LogP contribution in [0.1, 0.15) is 27.2 Å². The fourth-order valence-electron chi connectivity index (χ4n) is 1.58. The summed E-state index contributed by atoms with van der Waals surface area (Å²) in [6.07, 6.45) is 0.568. The molecule has 0 aromatic heterocycles. The van der Waals surface area contributed by atoms with Crippen molar-refractivity contribution in [1.29, 1.82) is 0 Å². The topological polar surface area (TPSA) is 107 Å². The maximum atomic E-state index is 12.6. The third-order valence-corrected chi connectivity index (χ3v) is 5.63. The molecule has 1 aromatic carbocycles. The second-order valence-electron chi connectivity index (χ2n) is 5.12. The molecule has 0 fully saturated rings. The summed E-state index contributed by atoms with van der Waals surface area (Å²) in [6.45, 7) is 5.35. The Morgan fingerprint density at radius 3 is 2.40 bits per heavy atom. The second kappa shape index (κ2) is 5.37. The van der Waals surface area contributed by atoms with Gasteiger partial charge in [-0.25, -0.2) is 8.42 Å². The Balaban J connectivity index is 3.50. The Hall–Kier alpha value is -1.67. The Labute approximate surface area is 118 Å². The van der Waals surface area contributed by atoms with Gasteiger partial charge in [0.25, 0.3) is 5.69 Å². The van der Waals surface area contributed by atoms with Gasteiger partial charge >= 0.3 is 0 Å². The van der Waals surface area contributed by atoms with Crippen LogP contribution in [-0.4, -0.2) is 30.2 Å². The summed E-state index contributed by atoms with van der Waals surface area (Å²) in [5.41, 5.74) is 4.59. The average Bonchev–Trinajstić information content (AvgIpc) is 2.37. The molecule has 20 heavy (non-hydrogen) atoms. The molecule has 2 N–H and O–H groups in total. The minimum atomic E-state index is -4.00. The SMILES string of the molecule is CCC(C)(C)N(C)S(=O)(=O)c1cc(N)ccc1[N+](=O)[O-]. The lowest BCUT2D eigenvalue weighted by Gasteiger charge is -2.33. The number of sulfonamides is 1. The van der Waals surface area contributed by atoms with E-state index in [1.807, 2.05) is 6.92 Å². The summed E-state index contributed by atoms with van der Waals surface area (Å²) in [5.74, 6) is 0. The van der Waals surface area contributed by atoms with E-state index in [2.05, 4.69) is 0 Å². The van der Waals surface area contributed by atoms with Gasteiger partial charge in [-0.1, -0.05) is 6.92 Å². The molecule has 8 heteroatoms. The second-order valence-corrected chi connectivity index (χ2v) is 7.06. The molecule has 0 saturated heterocycles. The fraction of sp³-hybridized carbons (Fsp3) is 0.500. The molecule has 0 heterocycles. The van der Waals surface area contributed by atoms with Crippen LogP contribution in [0.25, 0.3) is 0 Å². The monoisotopic (exact) mass is 301 g/mol. The number of nitrogens with two attached hydrogens (primary N) is 1. The zero-order valence-electron chi connectivity index (χ0n) is 12.0. The zero-order valence-corrected chi connectivity index (χ0v) is 12.8. The summed E-state index contributed by atoms with van der Waals surface area (Å²) >= 11 is 0. The van der Waals surface area contributed by atoms with Gasteiger partial charge in [-0.05, 0) is 32.4 Å². The number of nitrogens with zero attached hydrogens (tertiary/aromatic N) is 2. The summed E-state index contributed by atoms with van der Waals surface area (Å²) in [4.78, 5) is 9.90. The molecule has 7 nitrogen and oxygen atoms in total. The summed E-state index contributed by atoms with van der Waals surface area (Å²) in [5, 5.41) is 11.0. The van der Waals surface area contributed by atoms with Gasteiger partial charge in [0.2, 0.25) is 10.0 Å². The van der Waals surface area contributed by atoms with Crippen molar-refractivity contribution in [2.24, 2.45) is 0 Å². The van der Waals surface area contributed by atoms with Crippen molar-refractivity contribution >= 4 is 21.4 Å². The average molecular weight is 301 g/mol. The molecule has 0 radical (unpaired) electrons. The Bertz CT molecular complexity index is 626. The van der Waals surface area contributed by atoms with Gasteiger partial charge < -0.3 is 5.73 Å². The number of rotatable bonds is 5. The molecule has 0 aliphatic heterocycles. The number of nitro benzene ring substituents is 1. The highest BCUT2D eigenvalue weighted by Crippen LogP contribution is 2.32. The first-order chi connectivity index (χ1) is 9.04. The van der Waals surface area contributed by atoms with E-state index in [1.165, 1.54) is 13.1 Å². The molecular formula is C12H19N3O4S. The summed E-state index contributed by atoms with van der Waals surface area (Å²) in [6, 6.07) is 3.53. The van der Waals surface area contributed by atoms with Crippen molar-refractivity contribution in [2.75, 3.05) is 12.8 Å². The van der Waals surface area contributed by atoms with Crippen molar-refractivity contribution in [3.05, 3.63) is 28.3 Å². The third-order valence-electron chi connectivity index (χ3n) is 3.54. The van der Waals surface area contributed by atoms with Crippen molar-refractivity contribution in [3.63, 3.8) is 0 Å². The van der Waals surface area contributed by atoms with Crippen LogP contribution in [-0.2, 0) is 10.0 Å². The highest BCUT2D eigenvalue weighted by atomic mass is 32.2. The Morgan fingerprint density at radius 2 is 1.95 bits per heavy atom. The van der Waals surface area contributed by atoms with Crippen LogP contribution < -0.4 is 5.73 Å². The van der Waals surface area contributed by atoms with Crippen LogP contribution in [0.2, 0.25) is 0 Å². The van der Waals surface area contributed by atoms with E-state index in [9.17, 15) is 18.5 Å². The lowest BCUT2D eigenvalue weighted by molar-refractivity contribution is -0.387. The fourth-order valence-corrected chi connectivity index (χ4v) is 3.35. The highest BCUT2D eigenvalue weighted by Gasteiger charge is 2.36. The van der Waals surface area contributed by atoms with Crippen LogP contribution in [0.5, 0.6) is 0 Å². The van der Waals surface area contributed by atoms with Gasteiger partial charge in [0, 0.05) is 24.3 Å². The van der Waals surface area contributed by atoms with Crippen molar-refractivity contribution in [3.8, 4) is 0 Å². The van der Waals surface area contributed by atoms with Crippen molar-refractivity contribution < 1.29 is 13.3 Å². The van der Waals surface area contributed by atoms with Gasteiger partial charge in [-0.2, -0.15) is 4.31 Å². The van der Waals surface area contributed by atoms with E-state index < -0.39 is 26.2 Å². The molecular weight excluding hydrogens is 282 g/mol. The molecule has 0 aliphatic rings. The van der Waals surface area contributed by atoms with Crippen LogP contribution in [0.15, 0.2) is 23.1 Å². The molecule has 1 aromatic rings. The van der Waals surface area contributed by atoms with E-state index in [1.54, 1.807) is 13.8 Å². The first-order valence-corrected chi connectivity index (χ1v) is 7.51. The standard InChI is InChI=1S/C12H19N3O4S/c1-5-12(2,3)14(4)20(18,19)11-8-9(13)6-7-10(11)15(16)17/h6-8H,5,13H2,1-4H3. The molecule has 0 bridgehead atoms. The van der Waals surface area contributed by atoms with E-state index in [-0.39, 0.29) is 10.6 Å². The predicted octanol–water partition coefficient (Wildman–Crippen LogP) is 1.99. The first-order valence-electron chi connectivity index (χ1n) is 6.07. The number of nitrogen functional groups attached to an aromatic ring is 1. The molecule has 0 aliphatic carbocycles. The van der Waals surface area contributed by atoms with E-state index in [4.69, 9.17) is 5.73 Å². The first kappa shape index (κ1) is 16.4. The lowest BCUT2D eigenvalue weighted by atomic mass is 10.0. The quantitative estimate of drug-likeness (QED) is 0.508. The number of hydrogen-bond donors (Lipinski definition) is 1.